The number of hydrogen-bond donors (Lipinski definition) is 3. The number of pyridine rings is 1. The molecule has 1 aliphatic heterocycles. The Balaban J connectivity index is 1.74. The summed E-state index contributed by atoms with van der Waals surface area (Å²) in [4.78, 5) is 35.7. The predicted octanol–water partition coefficient (Wildman–Crippen LogP) is 1.24. The van der Waals surface area contributed by atoms with Crippen LogP contribution in [-0.2, 0) is 16.6 Å². The third kappa shape index (κ3) is 3.27. The quantitative estimate of drug-likeness (QED) is 0.603. The number of nitrogens with zero attached hydrogens (tertiary/aromatic N) is 5. The average molecular weight is 379 g/mol. The molecule has 0 aliphatic carbocycles. The van der Waals surface area contributed by atoms with Gasteiger partial charge in [-0.25, -0.2) is 9.97 Å². The predicted molar refractivity (Wildman–Crippen MR) is 99.7 cm³/mol. The Hall–Kier alpha value is -3.82. The van der Waals surface area contributed by atoms with Crippen LogP contribution in [0.25, 0.3) is 11.4 Å². The Morgan fingerprint density at radius 1 is 1.32 bits per heavy atom. The first-order valence-electron chi connectivity index (χ1n) is 8.58. The maximum absolute atomic E-state index is 12.3. The number of carboxylic acid groups (broad SMARTS) is 1. The number of aliphatic carboxylic acids is 1. The summed E-state index contributed by atoms with van der Waals surface area (Å²) in [6.07, 6.45) is 5.11. The van der Waals surface area contributed by atoms with Crippen molar-refractivity contribution >= 4 is 23.6 Å². The lowest BCUT2D eigenvalue weighted by molar-refractivity contribution is -0.135. The molecule has 3 aromatic rings. The van der Waals surface area contributed by atoms with Crippen LogP contribution < -0.4 is 10.6 Å². The van der Waals surface area contributed by atoms with E-state index in [1.54, 1.807) is 30.3 Å². The summed E-state index contributed by atoms with van der Waals surface area (Å²) >= 11 is 0. The van der Waals surface area contributed by atoms with E-state index < -0.39 is 5.97 Å². The maximum Gasteiger partial charge on any atom is 0.322 e. The summed E-state index contributed by atoms with van der Waals surface area (Å²) in [5, 5.41) is 18.8. The number of aromatic nitrogens is 5. The van der Waals surface area contributed by atoms with Crippen LogP contribution in [0.5, 0.6) is 0 Å². The molecule has 3 aromatic heterocycles. The Kier molecular flexibility index (Phi) is 4.44. The number of nitrogens with one attached hydrogen (secondary N) is 2. The molecule has 0 fully saturated rings. The van der Waals surface area contributed by atoms with Crippen LogP contribution in [0.15, 0.2) is 36.8 Å². The number of hydrogen-bond acceptors (Lipinski definition) is 7. The highest BCUT2D eigenvalue weighted by Gasteiger charge is 2.34. The maximum atomic E-state index is 12.3. The van der Waals surface area contributed by atoms with Crippen molar-refractivity contribution in [3.8, 4) is 11.4 Å². The molecule has 0 saturated carbocycles. The lowest BCUT2D eigenvalue weighted by Gasteiger charge is -2.23. The van der Waals surface area contributed by atoms with Gasteiger partial charge < -0.3 is 15.7 Å². The zero-order valence-electron chi connectivity index (χ0n) is 15.0. The molecular formula is C18H17N7O3. The minimum Gasteiger partial charge on any atom is -0.480 e. The summed E-state index contributed by atoms with van der Waals surface area (Å²) in [5.74, 6) is -0.585. The molecule has 0 saturated heterocycles. The monoisotopic (exact) mass is 379 g/mol. The first-order chi connectivity index (χ1) is 13.5. The number of carboxylic acids is 1. The second kappa shape index (κ2) is 7.06. The van der Waals surface area contributed by atoms with E-state index in [-0.39, 0.29) is 30.7 Å². The van der Waals surface area contributed by atoms with E-state index in [0.29, 0.717) is 17.2 Å². The first-order valence-corrected chi connectivity index (χ1v) is 8.58. The standard InChI is InChI=1S/C18H17N7O3/c1-25-17-15(16(24-25)12-4-2-3-5-19-12)11(6-13(26)23-17)10-7-20-18(21-8-10)22-9-14(27)28/h2-5,7-8,11H,6,9H2,1H3,(H,23,26)(H,27,28)(H,20,21,22). The Bertz CT molecular complexity index is 1030. The molecule has 3 N–H and O–H groups in total. The Labute approximate surface area is 159 Å². The normalized spacial score (nSPS) is 15.6. The summed E-state index contributed by atoms with van der Waals surface area (Å²) in [6, 6.07) is 5.58. The van der Waals surface area contributed by atoms with E-state index in [9.17, 15) is 9.59 Å². The van der Waals surface area contributed by atoms with Crippen molar-refractivity contribution < 1.29 is 14.7 Å². The second-order valence-corrected chi connectivity index (χ2v) is 6.34. The summed E-state index contributed by atoms with van der Waals surface area (Å²) in [5.41, 5.74) is 3.00. The lowest BCUT2D eigenvalue weighted by Crippen LogP contribution is -2.25. The van der Waals surface area contributed by atoms with Crippen LogP contribution in [0.1, 0.15) is 23.5 Å². The van der Waals surface area contributed by atoms with Crippen molar-refractivity contribution in [2.24, 2.45) is 7.05 Å². The number of carbonyl (C=O) groups excluding carboxylic acids is 1. The molecule has 0 aromatic carbocycles. The zero-order valence-corrected chi connectivity index (χ0v) is 15.0. The van der Waals surface area contributed by atoms with Crippen LogP contribution in [0, 0.1) is 0 Å². The molecule has 0 radical (unpaired) electrons. The van der Waals surface area contributed by atoms with Gasteiger partial charge >= 0.3 is 5.97 Å². The third-order valence-electron chi connectivity index (χ3n) is 4.46. The number of anilines is 2. The second-order valence-electron chi connectivity index (χ2n) is 6.34. The molecule has 4 heterocycles. The van der Waals surface area contributed by atoms with Gasteiger partial charge in [0.05, 0.1) is 5.69 Å². The first kappa shape index (κ1) is 17.6. The molecule has 10 nitrogen and oxygen atoms in total. The van der Waals surface area contributed by atoms with Crippen molar-refractivity contribution in [3.05, 3.63) is 47.9 Å². The highest BCUT2D eigenvalue weighted by atomic mass is 16.4. The fourth-order valence-electron chi connectivity index (χ4n) is 3.23. The fourth-order valence-corrected chi connectivity index (χ4v) is 3.23. The summed E-state index contributed by atoms with van der Waals surface area (Å²) < 4.78 is 1.63. The van der Waals surface area contributed by atoms with Gasteiger partial charge in [0.15, 0.2) is 0 Å². The van der Waals surface area contributed by atoms with Crippen molar-refractivity contribution in [2.45, 2.75) is 12.3 Å². The average Bonchev–Trinajstić information content (AvgIpc) is 3.03. The topological polar surface area (TPSA) is 135 Å². The molecule has 0 spiro atoms. The minimum absolute atomic E-state index is 0.124. The smallest absolute Gasteiger partial charge is 0.322 e. The number of carbonyl (C=O) groups is 2. The van der Waals surface area contributed by atoms with Gasteiger partial charge in [-0.3, -0.25) is 19.3 Å². The van der Waals surface area contributed by atoms with Crippen molar-refractivity contribution in [3.63, 3.8) is 0 Å². The summed E-state index contributed by atoms with van der Waals surface area (Å²) in [7, 11) is 1.77. The SMILES string of the molecule is Cn1nc(-c2ccccn2)c2c1NC(=O)CC2c1cnc(NCC(=O)O)nc1. The third-order valence-corrected chi connectivity index (χ3v) is 4.46. The Morgan fingerprint density at radius 2 is 2.11 bits per heavy atom. The molecule has 142 valence electrons. The van der Waals surface area contributed by atoms with Crippen molar-refractivity contribution in [2.75, 3.05) is 17.2 Å². The van der Waals surface area contributed by atoms with Crippen LogP contribution >= 0.6 is 0 Å². The van der Waals surface area contributed by atoms with Crippen molar-refractivity contribution in [1.82, 2.24) is 24.7 Å². The number of rotatable bonds is 5. The molecule has 1 atom stereocenters. The molecule has 1 aliphatic rings. The fraction of sp³-hybridized carbons (Fsp3) is 0.222. The highest BCUT2D eigenvalue weighted by Crippen LogP contribution is 2.41. The van der Waals surface area contributed by atoms with E-state index in [1.807, 2.05) is 18.2 Å². The minimum atomic E-state index is -1.00. The van der Waals surface area contributed by atoms with E-state index >= 15 is 0 Å². The summed E-state index contributed by atoms with van der Waals surface area (Å²) in [6.45, 7) is -0.276. The molecule has 4 rings (SSSR count). The molecule has 1 amide bonds. The van der Waals surface area contributed by atoms with Gasteiger partial charge in [0, 0.05) is 43.5 Å². The van der Waals surface area contributed by atoms with Gasteiger partial charge in [-0.05, 0) is 17.7 Å². The molecule has 0 bridgehead atoms. The molecular weight excluding hydrogens is 362 g/mol. The zero-order chi connectivity index (χ0) is 19.7. The lowest BCUT2D eigenvalue weighted by atomic mass is 9.86. The van der Waals surface area contributed by atoms with E-state index in [4.69, 9.17) is 5.11 Å². The van der Waals surface area contributed by atoms with E-state index in [0.717, 1.165) is 11.1 Å². The van der Waals surface area contributed by atoms with Gasteiger partial charge in [-0.15, -0.1) is 0 Å². The van der Waals surface area contributed by atoms with Crippen LogP contribution in [0.3, 0.4) is 0 Å². The number of aryl methyl sites for hydroxylation is 1. The molecule has 10 heteroatoms. The molecule has 1 unspecified atom stereocenters. The number of fused-ring (bicyclic) bond motifs is 1. The van der Waals surface area contributed by atoms with Gasteiger partial charge in [0.25, 0.3) is 0 Å². The molecule has 28 heavy (non-hydrogen) atoms. The van der Waals surface area contributed by atoms with Gasteiger partial charge in [0.1, 0.15) is 18.1 Å². The van der Waals surface area contributed by atoms with E-state index in [1.165, 1.54) is 0 Å². The largest absolute Gasteiger partial charge is 0.480 e. The van der Waals surface area contributed by atoms with Crippen molar-refractivity contribution in [1.29, 1.82) is 0 Å². The van der Waals surface area contributed by atoms with Crippen LogP contribution in [0.4, 0.5) is 11.8 Å². The van der Waals surface area contributed by atoms with Gasteiger partial charge in [-0.2, -0.15) is 5.10 Å². The highest BCUT2D eigenvalue weighted by molar-refractivity contribution is 5.96. The van der Waals surface area contributed by atoms with Crippen LogP contribution in [-0.4, -0.2) is 48.3 Å². The van der Waals surface area contributed by atoms with E-state index in [2.05, 4.69) is 30.7 Å². The van der Waals surface area contributed by atoms with Gasteiger partial charge in [-0.1, -0.05) is 6.07 Å². The van der Waals surface area contributed by atoms with Crippen LogP contribution in [0.2, 0.25) is 0 Å². The van der Waals surface area contributed by atoms with Gasteiger partial charge in [0.2, 0.25) is 11.9 Å². The Morgan fingerprint density at radius 3 is 2.79 bits per heavy atom. The number of amides is 1.